The fourth-order valence-corrected chi connectivity index (χ4v) is 2.73. The van der Waals surface area contributed by atoms with Crippen molar-refractivity contribution in [3.8, 4) is 5.75 Å². The zero-order chi connectivity index (χ0) is 18.7. The van der Waals surface area contributed by atoms with Gasteiger partial charge in [0.2, 0.25) is 0 Å². The van der Waals surface area contributed by atoms with Gasteiger partial charge in [-0.15, -0.1) is 0 Å². The number of carbonyl (C=O) groups is 1. The zero-order valence-corrected chi connectivity index (χ0v) is 15.7. The van der Waals surface area contributed by atoms with Crippen LogP contribution in [0.3, 0.4) is 0 Å². The predicted molar refractivity (Wildman–Crippen MR) is 101 cm³/mol. The summed E-state index contributed by atoms with van der Waals surface area (Å²) in [6.45, 7) is 3.69. The number of amides is 1. The second kappa shape index (κ2) is 7.81. The lowest BCUT2D eigenvalue weighted by Gasteiger charge is -2.10. The fourth-order valence-electron chi connectivity index (χ4n) is 2.38. The molecule has 26 heavy (non-hydrogen) atoms. The normalized spacial score (nSPS) is 10.6. The van der Waals surface area contributed by atoms with Crippen LogP contribution in [0.1, 0.15) is 27.4 Å². The average Bonchev–Trinajstić information content (AvgIpc) is 2.98. The molecule has 0 aliphatic heterocycles. The quantitative estimate of drug-likeness (QED) is 0.630. The number of aryl methyl sites for hydroxylation is 1. The zero-order valence-electron chi connectivity index (χ0n) is 14.2. The summed E-state index contributed by atoms with van der Waals surface area (Å²) >= 11 is 12.0. The van der Waals surface area contributed by atoms with Crippen LogP contribution in [0.2, 0.25) is 10.0 Å². The third-order valence-corrected chi connectivity index (χ3v) is 4.54. The topological polar surface area (TPSA) is 64.4 Å². The van der Waals surface area contributed by atoms with E-state index in [0.29, 0.717) is 32.8 Å². The van der Waals surface area contributed by atoms with E-state index in [1.807, 2.05) is 6.92 Å². The highest BCUT2D eigenvalue weighted by atomic mass is 35.5. The molecule has 0 aliphatic carbocycles. The summed E-state index contributed by atoms with van der Waals surface area (Å²) in [5, 5.41) is 7.81. The minimum atomic E-state index is -0.392. The number of ether oxygens (including phenoxy) is 1. The van der Waals surface area contributed by atoms with Gasteiger partial charge in [0.25, 0.3) is 5.91 Å². The van der Waals surface area contributed by atoms with Gasteiger partial charge in [0.15, 0.2) is 5.69 Å². The third kappa shape index (κ3) is 4.00. The fraction of sp³-hybridized carbons (Fsp3) is 0.158. The van der Waals surface area contributed by atoms with Crippen LogP contribution >= 0.6 is 23.2 Å². The van der Waals surface area contributed by atoms with Crippen LogP contribution in [0.15, 0.2) is 47.0 Å². The highest BCUT2D eigenvalue weighted by molar-refractivity contribution is 6.32. The molecule has 0 radical (unpaired) electrons. The number of nitrogens with zero attached hydrogens (tertiary/aromatic N) is 1. The Balaban J connectivity index is 1.78. The first-order valence-corrected chi connectivity index (χ1v) is 8.61. The van der Waals surface area contributed by atoms with Crippen molar-refractivity contribution in [2.45, 2.75) is 20.5 Å². The molecule has 0 saturated carbocycles. The van der Waals surface area contributed by atoms with E-state index in [-0.39, 0.29) is 12.3 Å². The molecule has 3 aromatic rings. The molecular formula is C19H16Cl2N2O3. The predicted octanol–water partition coefficient (Wildman–Crippen LogP) is 5.43. The number of anilines is 1. The largest absolute Gasteiger partial charge is 0.489 e. The SMILES string of the molecule is Cc1onc(C(=O)Nc2cccc(Cl)c2C)c1COc1cccc(Cl)c1. The molecule has 7 heteroatoms. The molecule has 1 heterocycles. The first-order valence-electron chi connectivity index (χ1n) is 7.85. The van der Waals surface area contributed by atoms with Crippen molar-refractivity contribution in [2.75, 3.05) is 5.32 Å². The molecule has 134 valence electrons. The van der Waals surface area contributed by atoms with Gasteiger partial charge < -0.3 is 14.6 Å². The van der Waals surface area contributed by atoms with E-state index in [9.17, 15) is 4.79 Å². The Bertz CT molecular complexity index is 954. The van der Waals surface area contributed by atoms with E-state index in [0.717, 1.165) is 5.56 Å². The van der Waals surface area contributed by atoms with Gasteiger partial charge in [0, 0.05) is 15.7 Å². The molecule has 0 fully saturated rings. The third-order valence-electron chi connectivity index (χ3n) is 3.89. The van der Waals surface area contributed by atoms with Crippen LogP contribution in [-0.2, 0) is 6.61 Å². The minimum Gasteiger partial charge on any atom is -0.489 e. The van der Waals surface area contributed by atoms with Crippen molar-refractivity contribution in [3.63, 3.8) is 0 Å². The van der Waals surface area contributed by atoms with Gasteiger partial charge in [-0.3, -0.25) is 4.79 Å². The monoisotopic (exact) mass is 390 g/mol. The van der Waals surface area contributed by atoms with Crippen LogP contribution in [0.25, 0.3) is 0 Å². The molecule has 2 aromatic carbocycles. The Labute approximate surface area is 160 Å². The Morgan fingerprint density at radius 2 is 1.96 bits per heavy atom. The smallest absolute Gasteiger partial charge is 0.278 e. The molecule has 1 aromatic heterocycles. The van der Waals surface area contributed by atoms with Gasteiger partial charge in [0.1, 0.15) is 18.1 Å². The molecule has 0 saturated heterocycles. The summed E-state index contributed by atoms with van der Waals surface area (Å²) in [4.78, 5) is 12.6. The molecule has 0 spiro atoms. The molecule has 5 nitrogen and oxygen atoms in total. The van der Waals surface area contributed by atoms with Crippen LogP contribution in [0.5, 0.6) is 5.75 Å². The number of halogens is 2. The lowest BCUT2D eigenvalue weighted by atomic mass is 10.1. The van der Waals surface area contributed by atoms with Gasteiger partial charge in [-0.05, 0) is 49.7 Å². The number of carbonyl (C=O) groups excluding carboxylic acids is 1. The molecule has 0 atom stereocenters. The summed E-state index contributed by atoms with van der Waals surface area (Å²) in [5.74, 6) is 0.715. The summed E-state index contributed by atoms with van der Waals surface area (Å²) in [6, 6.07) is 12.3. The van der Waals surface area contributed by atoms with E-state index < -0.39 is 5.91 Å². The number of benzene rings is 2. The maximum Gasteiger partial charge on any atom is 0.278 e. The lowest BCUT2D eigenvalue weighted by Crippen LogP contribution is -2.16. The maximum atomic E-state index is 12.6. The number of rotatable bonds is 5. The van der Waals surface area contributed by atoms with Crippen molar-refractivity contribution in [1.29, 1.82) is 0 Å². The number of nitrogens with one attached hydrogen (secondary N) is 1. The standard InChI is InChI=1S/C19H16Cl2N2O3/c1-11-16(21)7-4-8-17(11)22-19(24)18-15(12(2)26-23-18)10-25-14-6-3-5-13(20)9-14/h3-9H,10H2,1-2H3,(H,22,24). The summed E-state index contributed by atoms with van der Waals surface area (Å²) in [5.41, 5.74) is 2.13. The molecule has 1 amide bonds. The van der Waals surface area contributed by atoms with Crippen molar-refractivity contribution < 1.29 is 14.1 Å². The van der Waals surface area contributed by atoms with Crippen LogP contribution in [0.4, 0.5) is 5.69 Å². The van der Waals surface area contributed by atoms with Gasteiger partial charge in [-0.1, -0.05) is 40.5 Å². The van der Waals surface area contributed by atoms with Crippen molar-refractivity contribution >= 4 is 34.8 Å². The Hall–Kier alpha value is -2.50. The molecule has 3 rings (SSSR count). The minimum absolute atomic E-state index is 0.132. The Kier molecular flexibility index (Phi) is 5.49. The second-order valence-electron chi connectivity index (χ2n) is 5.68. The number of hydrogen-bond donors (Lipinski definition) is 1. The molecule has 1 N–H and O–H groups in total. The number of hydrogen-bond acceptors (Lipinski definition) is 4. The van der Waals surface area contributed by atoms with Gasteiger partial charge in [-0.25, -0.2) is 0 Å². The number of aromatic nitrogens is 1. The van der Waals surface area contributed by atoms with Crippen molar-refractivity contribution in [3.05, 3.63) is 75.1 Å². The molecule has 0 bridgehead atoms. The first-order chi connectivity index (χ1) is 12.5. The second-order valence-corrected chi connectivity index (χ2v) is 6.52. The Morgan fingerprint density at radius 1 is 1.19 bits per heavy atom. The van der Waals surface area contributed by atoms with E-state index in [1.54, 1.807) is 49.4 Å². The molecule has 0 unspecified atom stereocenters. The lowest BCUT2D eigenvalue weighted by molar-refractivity contribution is 0.101. The highest BCUT2D eigenvalue weighted by Gasteiger charge is 2.21. The van der Waals surface area contributed by atoms with Crippen LogP contribution in [0, 0.1) is 13.8 Å². The Morgan fingerprint density at radius 3 is 2.73 bits per heavy atom. The van der Waals surface area contributed by atoms with E-state index in [4.69, 9.17) is 32.5 Å². The van der Waals surface area contributed by atoms with E-state index in [1.165, 1.54) is 0 Å². The first kappa shape index (κ1) is 18.3. The maximum absolute atomic E-state index is 12.6. The molecule has 0 aliphatic rings. The van der Waals surface area contributed by atoms with Crippen molar-refractivity contribution in [2.24, 2.45) is 0 Å². The van der Waals surface area contributed by atoms with Crippen LogP contribution < -0.4 is 10.1 Å². The summed E-state index contributed by atoms with van der Waals surface area (Å²) in [7, 11) is 0. The highest BCUT2D eigenvalue weighted by Crippen LogP contribution is 2.25. The summed E-state index contributed by atoms with van der Waals surface area (Å²) < 4.78 is 10.9. The van der Waals surface area contributed by atoms with Crippen molar-refractivity contribution in [1.82, 2.24) is 5.16 Å². The summed E-state index contributed by atoms with van der Waals surface area (Å²) in [6.07, 6.45) is 0. The van der Waals surface area contributed by atoms with E-state index in [2.05, 4.69) is 10.5 Å². The van der Waals surface area contributed by atoms with E-state index >= 15 is 0 Å². The van der Waals surface area contributed by atoms with Gasteiger partial charge in [-0.2, -0.15) is 0 Å². The molecular weight excluding hydrogens is 375 g/mol. The van der Waals surface area contributed by atoms with Crippen LogP contribution in [-0.4, -0.2) is 11.1 Å². The van der Waals surface area contributed by atoms with Gasteiger partial charge >= 0.3 is 0 Å². The van der Waals surface area contributed by atoms with Gasteiger partial charge in [0.05, 0.1) is 5.56 Å². The average molecular weight is 391 g/mol.